The topological polar surface area (TPSA) is 66.4 Å². The van der Waals surface area contributed by atoms with Gasteiger partial charge in [-0.25, -0.2) is 12.8 Å². The lowest BCUT2D eigenvalue weighted by molar-refractivity contribution is 0.275. The van der Waals surface area contributed by atoms with E-state index in [-0.39, 0.29) is 10.5 Å². The maximum Gasteiger partial charge on any atom is 0.261 e. The average Bonchev–Trinajstić information content (AvgIpc) is 2.43. The van der Waals surface area contributed by atoms with E-state index in [9.17, 15) is 12.8 Å². The number of aliphatic hydroxyl groups excluding tert-OH is 1. The highest BCUT2D eigenvalue weighted by Gasteiger charge is 2.17. The molecule has 4 nitrogen and oxygen atoms in total. The Hall–Kier alpha value is -1.92. The highest BCUT2D eigenvalue weighted by Crippen LogP contribution is 2.22. The number of aliphatic hydroxyl groups is 1. The summed E-state index contributed by atoms with van der Waals surface area (Å²) in [5, 5.41) is 9.02. The van der Waals surface area contributed by atoms with E-state index in [0.717, 1.165) is 23.3 Å². The molecule has 2 rings (SSSR count). The first-order valence-electron chi connectivity index (χ1n) is 6.33. The molecule has 0 radical (unpaired) electrons. The van der Waals surface area contributed by atoms with Gasteiger partial charge in [0, 0.05) is 5.56 Å². The Balaban J connectivity index is 2.41. The maximum atomic E-state index is 13.3. The Bertz CT molecular complexity index is 772. The van der Waals surface area contributed by atoms with Crippen LogP contribution in [0.1, 0.15) is 16.7 Å². The zero-order valence-electron chi connectivity index (χ0n) is 11.7. The summed E-state index contributed by atoms with van der Waals surface area (Å²) in [6, 6.07) is 8.75. The van der Waals surface area contributed by atoms with Gasteiger partial charge in [0.25, 0.3) is 10.0 Å². The van der Waals surface area contributed by atoms with Crippen molar-refractivity contribution >= 4 is 15.7 Å². The van der Waals surface area contributed by atoms with Gasteiger partial charge in [0.1, 0.15) is 5.82 Å². The SMILES string of the molecule is Cc1ccc(C)c(NS(=O)(=O)c2ccc(F)c(CO)c2)c1. The van der Waals surface area contributed by atoms with Crippen LogP contribution in [-0.4, -0.2) is 13.5 Å². The molecule has 0 saturated carbocycles. The fraction of sp³-hybridized carbons (Fsp3) is 0.200. The smallest absolute Gasteiger partial charge is 0.261 e. The van der Waals surface area contributed by atoms with Crippen LogP contribution in [0.4, 0.5) is 10.1 Å². The second-order valence-corrected chi connectivity index (χ2v) is 6.52. The number of hydrogen-bond donors (Lipinski definition) is 2. The molecular formula is C15H16FNO3S. The predicted molar refractivity (Wildman–Crippen MR) is 79.0 cm³/mol. The van der Waals surface area contributed by atoms with E-state index >= 15 is 0 Å². The standard InChI is InChI=1S/C15H16FNO3S/c1-10-3-4-11(2)15(7-10)17-21(19,20)13-5-6-14(16)12(8-13)9-18/h3-8,17-18H,9H2,1-2H3. The molecule has 0 aliphatic rings. The van der Waals surface area contributed by atoms with Gasteiger partial charge in [-0.3, -0.25) is 4.72 Å². The molecule has 2 aromatic carbocycles. The van der Waals surface area contributed by atoms with Gasteiger partial charge in [-0.15, -0.1) is 0 Å². The average molecular weight is 309 g/mol. The molecule has 0 fully saturated rings. The molecule has 0 unspecified atom stereocenters. The van der Waals surface area contributed by atoms with Gasteiger partial charge in [-0.2, -0.15) is 0 Å². The zero-order chi connectivity index (χ0) is 15.6. The van der Waals surface area contributed by atoms with E-state index in [4.69, 9.17) is 5.11 Å². The van der Waals surface area contributed by atoms with Crippen molar-refractivity contribution < 1.29 is 17.9 Å². The molecule has 0 spiro atoms. The Morgan fingerprint density at radius 1 is 1.14 bits per heavy atom. The Kier molecular flexibility index (Phi) is 4.29. The lowest BCUT2D eigenvalue weighted by atomic mass is 10.1. The molecule has 0 atom stereocenters. The Morgan fingerprint density at radius 3 is 2.52 bits per heavy atom. The van der Waals surface area contributed by atoms with E-state index in [0.29, 0.717) is 5.69 Å². The van der Waals surface area contributed by atoms with Crippen molar-refractivity contribution in [3.05, 3.63) is 58.9 Å². The van der Waals surface area contributed by atoms with Crippen molar-refractivity contribution in [2.24, 2.45) is 0 Å². The van der Waals surface area contributed by atoms with Crippen LogP contribution < -0.4 is 4.72 Å². The molecule has 0 aromatic heterocycles. The number of benzene rings is 2. The van der Waals surface area contributed by atoms with Gasteiger partial charge in [-0.05, 0) is 49.2 Å². The minimum absolute atomic E-state index is 0.0566. The van der Waals surface area contributed by atoms with Crippen molar-refractivity contribution in [1.82, 2.24) is 0 Å². The first kappa shape index (κ1) is 15.5. The van der Waals surface area contributed by atoms with E-state index in [2.05, 4.69) is 4.72 Å². The van der Waals surface area contributed by atoms with Crippen LogP contribution >= 0.6 is 0 Å². The first-order chi connectivity index (χ1) is 9.83. The number of sulfonamides is 1. The number of rotatable bonds is 4. The first-order valence-corrected chi connectivity index (χ1v) is 7.81. The lowest BCUT2D eigenvalue weighted by Gasteiger charge is -2.12. The summed E-state index contributed by atoms with van der Waals surface area (Å²) in [6.07, 6.45) is 0. The van der Waals surface area contributed by atoms with Crippen LogP contribution in [0.25, 0.3) is 0 Å². The number of aryl methyl sites for hydroxylation is 2. The van der Waals surface area contributed by atoms with Gasteiger partial charge in [0.05, 0.1) is 17.2 Å². The maximum absolute atomic E-state index is 13.3. The normalized spacial score (nSPS) is 11.4. The Morgan fingerprint density at radius 2 is 1.86 bits per heavy atom. The molecule has 0 heterocycles. The quantitative estimate of drug-likeness (QED) is 0.912. The second-order valence-electron chi connectivity index (χ2n) is 4.84. The summed E-state index contributed by atoms with van der Waals surface area (Å²) in [4.78, 5) is -0.0890. The molecule has 0 aliphatic carbocycles. The molecule has 6 heteroatoms. The molecule has 2 N–H and O–H groups in total. The number of anilines is 1. The van der Waals surface area contributed by atoms with Gasteiger partial charge in [0.15, 0.2) is 0 Å². The molecule has 112 valence electrons. The van der Waals surface area contributed by atoms with Gasteiger partial charge in [-0.1, -0.05) is 12.1 Å². The highest BCUT2D eigenvalue weighted by molar-refractivity contribution is 7.92. The van der Waals surface area contributed by atoms with Gasteiger partial charge < -0.3 is 5.11 Å². The molecule has 21 heavy (non-hydrogen) atoms. The third kappa shape index (κ3) is 3.40. The minimum atomic E-state index is -3.83. The summed E-state index contributed by atoms with van der Waals surface area (Å²) in [6.45, 7) is 3.10. The number of nitrogens with one attached hydrogen (secondary N) is 1. The fourth-order valence-electron chi connectivity index (χ4n) is 1.89. The summed E-state index contributed by atoms with van der Waals surface area (Å²) in [5.41, 5.74) is 2.13. The Labute approximate surface area is 123 Å². The molecule has 2 aromatic rings. The summed E-state index contributed by atoms with van der Waals surface area (Å²) in [5.74, 6) is -0.636. The summed E-state index contributed by atoms with van der Waals surface area (Å²) >= 11 is 0. The van der Waals surface area contributed by atoms with E-state index in [1.807, 2.05) is 19.1 Å². The van der Waals surface area contributed by atoms with E-state index in [1.165, 1.54) is 6.07 Å². The van der Waals surface area contributed by atoms with Gasteiger partial charge >= 0.3 is 0 Å². The van der Waals surface area contributed by atoms with Crippen molar-refractivity contribution in [1.29, 1.82) is 0 Å². The lowest BCUT2D eigenvalue weighted by Crippen LogP contribution is -2.14. The van der Waals surface area contributed by atoms with E-state index in [1.54, 1.807) is 13.0 Å². The van der Waals surface area contributed by atoms with Crippen LogP contribution in [0.5, 0.6) is 0 Å². The molecular weight excluding hydrogens is 293 g/mol. The predicted octanol–water partition coefficient (Wildman–Crippen LogP) is 2.74. The third-order valence-electron chi connectivity index (χ3n) is 3.14. The third-order valence-corrected chi connectivity index (χ3v) is 4.50. The van der Waals surface area contributed by atoms with Crippen LogP contribution in [0.15, 0.2) is 41.3 Å². The van der Waals surface area contributed by atoms with Crippen LogP contribution in [0.3, 0.4) is 0 Å². The zero-order valence-corrected chi connectivity index (χ0v) is 12.5. The molecule has 0 aliphatic heterocycles. The van der Waals surface area contributed by atoms with Crippen LogP contribution in [0, 0.1) is 19.7 Å². The highest BCUT2D eigenvalue weighted by atomic mass is 32.2. The molecule has 0 saturated heterocycles. The van der Waals surface area contributed by atoms with Crippen LogP contribution in [0.2, 0.25) is 0 Å². The van der Waals surface area contributed by atoms with Crippen molar-refractivity contribution in [3.8, 4) is 0 Å². The van der Waals surface area contributed by atoms with Crippen molar-refractivity contribution in [3.63, 3.8) is 0 Å². The minimum Gasteiger partial charge on any atom is -0.392 e. The largest absolute Gasteiger partial charge is 0.392 e. The van der Waals surface area contributed by atoms with Crippen LogP contribution in [-0.2, 0) is 16.6 Å². The second kappa shape index (κ2) is 5.83. The van der Waals surface area contributed by atoms with Gasteiger partial charge in [0.2, 0.25) is 0 Å². The van der Waals surface area contributed by atoms with Crippen molar-refractivity contribution in [2.45, 2.75) is 25.3 Å². The summed E-state index contributed by atoms with van der Waals surface area (Å²) in [7, 11) is -3.83. The summed E-state index contributed by atoms with van der Waals surface area (Å²) < 4.78 is 40.5. The monoisotopic (exact) mass is 309 g/mol. The van der Waals surface area contributed by atoms with Crippen molar-refractivity contribution in [2.75, 3.05) is 4.72 Å². The number of halogens is 1. The van der Waals surface area contributed by atoms with E-state index < -0.39 is 22.4 Å². The number of hydrogen-bond acceptors (Lipinski definition) is 3. The molecule has 0 bridgehead atoms. The molecule has 0 amide bonds. The fourth-order valence-corrected chi connectivity index (χ4v) is 3.06.